The summed E-state index contributed by atoms with van der Waals surface area (Å²) in [7, 11) is 1.42. The first kappa shape index (κ1) is 24.2. The van der Waals surface area contributed by atoms with E-state index in [0.717, 1.165) is 54.7 Å². The van der Waals surface area contributed by atoms with Crippen LogP contribution in [0.4, 0.5) is 0 Å². The number of hydrogen-bond donors (Lipinski definition) is 1. The van der Waals surface area contributed by atoms with Gasteiger partial charge in [-0.3, -0.25) is 9.63 Å². The molecule has 0 unspecified atom stereocenters. The fourth-order valence-corrected chi connectivity index (χ4v) is 3.93. The third-order valence-corrected chi connectivity index (χ3v) is 5.52. The molecule has 2 aromatic carbocycles. The van der Waals surface area contributed by atoms with Crippen molar-refractivity contribution in [2.75, 3.05) is 7.11 Å². The van der Waals surface area contributed by atoms with Gasteiger partial charge in [-0.2, -0.15) is 0 Å². The highest BCUT2D eigenvalue weighted by Gasteiger charge is 2.17. The molecule has 0 atom stereocenters. The third kappa shape index (κ3) is 6.74. The normalized spacial score (nSPS) is 10.5. The minimum atomic E-state index is -0.290. The topological polar surface area (TPSA) is 76.3 Å². The molecule has 33 heavy (non-hydrogen) atoms. The summed E-state index contributed by atoms with van der Waals surface area (Å²) in [6, 6.07) is 21.2. The zero-order valence-electron chi connectivity index (χ0n) is 19.3. The summed E-state index contributed by atoms with van der Waals surface area (Å²) < 4.78 is 8.01. The molecule has 3 aromatic rings. The van der Waals surface area contributed by atoms with Crippen LogP contribution in [0.3, 0.4) is 0 Å². The second-order valence-corrected chi connectivity index (χ2v) is 7.94. The van der Waals surface area contributed by atoms with Gasteiger partial charge in [0.25, 0.3) is 12.6 Å². The minimum Gasteiger partial charge on any atom is -0.457 e. The summed E-state index contributed by atoms with van der Waals surface area (Å²) in [6.45, 7) is 2.87. The molecule has 0 saturated carbocycles. The number of amides is 1. The molecule has 0 aliphatic carbocycles. The molecular formula is C26H30BN3O3. The van der Waals surface area contributed by atoms with Crippen molar-refractivity contribution < 1.29 is 14.4 Å². The molecule has 7 heteroatoms. The summed E-state index contributed by atoms with van der Waals surface area (Å²) in [5.74, 6) is 3.61. The van der Waals surface area contributed by atoms with E-state index in [4.69, 9.17) is 9.57 Å². The Balaban J connectivity index is 1.80. The fraction of sp³-hybridized carbons (Fsp3) is 0.308. The van der Waals surface area contributed by atoms with Gasteiger partial charge in [0.1, 0.15) is 17.2 Å². The smallest absolute Gasteiger partial charge is 0.291 e. The van der Waals surface area contributed by atoms with Gasteiger partial charge in [0.15, 0.2) is 0 Å². The summed E-state index contributed by atoms with van der Waals surface area (Å²) in [6.07, 6.45) is 4.63. The fourth-order valence-electron chi connectivity index (χ4n) is 3.93. The summed E-state index contributed by atoms with van der Waals surface area (Å²) in [5, 5.41) is 9.31. The van der Waals surface area contributed by atoms with Crippen molar-refractivity contribution >= 4 is 12.6 Å². The number of nitrogens with zero attached hydrogens (tertiary/aromatic N) is 2. The van der Waals surface area contributed by atoms with Gasteiger partial charge in [-0.25, -0.2) is 10.7 Å². The van der Waals surface area contributed by atoms with Gasteiger partial charge < -0.3 is 9.30 Å². The van der Waals surface area contributed by atoms with Crippen LogP contribution in [0.15, 0.2) is 66.7 Å². The molecule has 170 valence electrons. The van der Waals surface area contributed by atoms with Gasteiger partial charge in [0.2, 0.25) is 0 Å². The number of hydroxylamine groups is 1. The van der Waals surface area contributed by atoms with Crippen molar-refractivity contribution in [1.29, 1.82) is 5.26 Å². The maximum atomic E-state index is 12.6. The number of carbonyl (C=O) groups excluding carboxylic acids is 1. The molecule has 0 aliphatic rings. The Bertz CT molecular complexity index is 1080. The van der Waals surface area contributed by atoms with E-state index in [-0.39, 0.29) is 12.6 Å². The highest BCUT2D eigenvalue weighted by atomic mass is 16.6. The van der Waals surface area contributed by atoms with Crippen molar-refractivity contribution in [2.45, 2.75) is 45.4 Å². The molecule has 0 saturated heterocycles. The largest absolute Gasteiger partial charge is 0.457 e. The van der Waals surface area contributed by atoms with Crippen molar-refractivity contribution in [1.82, 2.24) is 10.0 Å². The number of ether oxygens (including phenoxy) is 1. The molecule has 1 amide bonds. The monoisotopic (exact) mass is 443 g/mol. The maximum absolute atomic E-state index is 12.6. The second kappa shape index (κ2) is 12.5. The Morgan fingerprint density at radius 2 is 1.82 bits per heavy atom. The van der Waals surface area contributed by atoms with E-state index in [0.29, 0.717) is 12.2 Å². The minimum absolute atomic E-state index is 0.0993. The predicted octanol–water partition coefficient (Wildman–Crippen LogP) is 5.99. The number of aromatic nitrogens is 1. The van der Waals surface area contributed by atoms with E-state index >= 15 is 0 Å². The molecule has 0 aliphatic heterocycles. The zero-order valence-corrected chi connectivity index (χ0v) is 19.3. The number of benzene rings is 2. The van der Waals surface area contributed by atoms with Gasteiger partial charge in [0, 0.05) is 23.8 Å². The third-order valence-electron chi connectivity index (χ3n) is 5.52. The number of para-hydroxylation sites is 1. The molecule has 0 spiro atoms. The lowest BCUT2D eigenvalue weighted by molar-refractivity contribution is 0.0528. The average Bonchev–Trinajstić information content (AvgIpc) is 3.26. The Hall–Kier alpha value is -3.50. The lowest BCUT2D eigenvalue weighted by Crippen LogP contribution is -2.25. The van der Waals surface area contributed by atoms with Crippen LogP contribution < -0.4 is 10.2 Å². The van der Waals surface area contributed by atoms with Crippen LogP contribution in [0.1, 0.15) is 36.7 Å². The molecule has 1 aromatic heterocycles. The van der Waals surface area contributed by atoms with Crippen LogP contribution in [-0.2, 0) is 11.4 Å². The Morgan fingerprint density at radius 1 is 1.03 bits per heavy atom. The van der Waals surface area contributed by atoms with Crippen LogP contribution in [0.5, 0.6) is 11.5 Å². The zero-order chi connectivity index (χ0) is 23.5. The van der Waals surface area contributed by atoms with Crippen LogP contribution in [0.2, 0.25) is 12.6 Å². The quantitative estimate of drug-likeness (QED) is 0.212. The van der Waals surface area contributed by atoms with Crippen molar-refractivity contribution in [3.8, 4) is 28.7 Å². The summed E-state index contributed by atoms with van der Waals surface area (Å²) in [4.78, 5) is 17.4. The molecular weight excluding hydrogens is 413 g/mol. The van der Waals surface area contributed by atoms with Crippen LogP contribution in [0, 0.1) is 11.2 Å². The van der Waals surface area contributed by atoms with E-state index < -0.39 is 0 Å². The number of nitriles is 1. The van der Waals surface area contributed by atoms with Gasteiger partial charge in [-0.05, 0) is 42.8 Å². The van der Waals surface area contributed by atoms with Gasteiger partial charge in [-0.15, -0.1) is 0 Å². The predicted molar refractivity (Wildman–Crippen MR) is 131 cm³/mol. The highest BCUT2D eigenvalue weighted by molar-refractivity contribution is 6.66. The van der Waals surface area contributed by atoms with Crippen LogP contribution in [-0.4, -0.2) is 24.3 Å². The first-order valence-corrected chi connectivity index (χ1v) is 11.4. The molecule has 0 fully saturated rings. The van der Waals surface area contributed by atoms with E-state index in [1.807, 2.05) is 71.3 Å². The number of rotatable bonds is 12. The van der Waals surface area contributed by atoms with E-state index in [2.05, 4.69) is 18.4 Å². The standard InChI is InChI=1S/C26H30BN3O3/c1-3-16-27(20-28)17-7-8-18-30-24(14-15-25(30)26(31)29-32-2)21-10-9-13-23(19-21)33-22-11-5-4-6-12-22/h4-6,9-15,19H,3,7-8,16-18H2,1-2H3,(H,29,31). The Morgan fingerprint density at radius 3 is 2.55 bits per heavy atom. The molecule has 1 N–H and O–H groups in total. The molecule has 3 rings (SSSR count). The summed E-state index contributed by atoms with van der Waals surface area (Å²) in [5.41, 5.74) is 4.84. The lowest BCUT2D eigenvalue weighted by Gasteiger charge is -2.14. The first-order chi connectivity index (χ1) is 16.2. The molecule has 0 bridgehead atoms. The van der Waals surface area contributed by atoms with Gasteiger partial charge in [0.05, 0.1) is 7.11 Å². The Kier molecular flexibility index (Phi) is 9.16. The van der Waals surface area contributed by atoms with E-state index in [1.54, 1.807) is 0 Å². The van der Waals surface area contributed by atoms with Crippen LogP contribution >= 0.6 is 0 Å². The maximum Gasteiger partial charge on any atom is 0.291 e. The van der Waals surface area contributed by atoms with Crippen LogP contribution in [0.25, 0.3) is 11.3 Å². The van der Waals surface area contributed by atoms with Crippen molar-refractivity contribution in [3.05, 3.63) is 72.4 Å². The first-order valence-electron chi connectivity index (χ1n) is 11.4. The Labute approximate surface area is 196 Å². The van der Waals surface area contributed by atoms with Gasteiger partial charge >= 0.3 is 0 Å². The van der Waals surface area contributed by atoms with E-state index in [9.17, 15) is 10.1 Å². The summed E-state index contributed by atoms with van der Waals surface area (Å²) >= 11 is 0. The van der Waals surface area contributed by atoms with Crippen molar-refractivity contribution in [3.63, 3.8) is 0 Å². The molecule has 0 radical (unpaired) electrons. The number of carbonyl (C=O) groups is 1. The molecule has 6 nitrogen and oxygen atoms in total. The average molecular weight is 443 g/mol. The van der Waals surface area contributed by atoms with Crippen molar-refractivity contribution in [2.24, 2.45) is 0 Å². The highest BCUT2D eigenvalue weighted by Crippen LogP contribution is 2.29. The molecule has 1 heterocycles. The van der Waals surface area contributed by atoms with E-state index in [1.165, 1.54) is 7.11 Å². The lowest BCUT2D eigenvalue weighted by atomic mass is 9.45. The number of nitrogens with one attached hydrogen (secondary N) is 1. The second-order valence-electron chi connectivity index (χ2n) is 7.94. The van der Waals surface area contributed by atoms with Gasteiger partial charge in [-0.1, -0.05) is 62.7 Å². The number of unbranched alkanes of at least 4 members (excludes halogenated alkanes) is 1. The SMILES string of the molecule is CCCB(C#N)CCCCn1c(C(=O)NOC)ccc1-c1cccc(Oc2ccccc2)c1. The number of hydrogen-bond acceptors (Lipinski definition) is 4.